The Balaban J connectivity index is 2.55. The summed E-state index contributed by atoms with van der Waals surface area (Å²) in [6.07, 6.45) is 0. The van der Waals surface area contributed by atoms with Crippen LogP contribution in [0, 0.1) is 23.3 Å². The summed E-state index contributed by atoms with van der Waals surface area (Å²) in [4.78, 5) is -1.71. The average Bonchev–Trinajstić information content (AvgIpc) is 2.50. The quantitative estimate of drug-likeness (QED) is 0.442. The summed E-state index contributed by atoms with van der Waals surface area (Å²) in [5, 5.41) is 9.57. The van der Waals surface area contributed by atoms with Gasteiger partial charge in [-0.2, -0.15) is 0 Å². The Morgan fingerprint density at radius 2 is 1.71 bits per heavy atom. The molecule has 5 nitrogen and oxygen atoms in total. The highest BCUT2D eigenvalue weighted by molar-refractivity contribution is 9.10. The third-order valence-corrected chi connectivity index (χ3v) is 4.97. The summed E-state index contributed by atoms with van der Waals surface area (Å²) in [7, 11) is -3.71. The third-order valence-electron chi connectivity index (χ3n) is 2.87. The molecule has 2 N–H and O–H groups in total. The zero-order valence-electron chi connectivity index (χ0n) is 11.7. The van der Waals surface area contributed by atoms with E-state index < -0.39 is 48.4 Å². The monoisotopic (exact) mass is 429 g/mol. The van der Waals surface area contributed by atoms with Crippen molar-refractivity contribution in [3.63, 3.8) is 0 Å². The molecule has 2 aromatic rings. The minimum absolute atomic E-state index is 0.0193. The van der Waals surface area contributed by atoms with Crippen LogP contribution in [0.3, 0.4) is 0 Å². The molecule has 0 unspecified atom stereocenters. The summed E-state index contributed by atoms with van der Waals surface area (Å²) in [5.41, 5.74) is -0.284. The molecule has 0 saturated heterocycles. The molecule has 0 aliphatic carbocycles. The zero-order chi connectivity index (χ0) is 18.2. The van der Waals surface area contributed by atoms with Gasteiger partial charge in [-0.25, -0.2) is 26.0 Å². The second-order valence-electron chi connectivity index (χ2n) is 4.39. The van der Waals surface area contributed by atoms with Crippen molar-refractivity contribution >= 4 is 31.6 Å². The number of hydrogen-bond donors (Lipinski definition) is 2. The molecular formula is C13H8BrF4NO4S. The van der Waals surface area contributed by atoms with Crippen LogP contribution < -0.4 is 9.46 Å². The number of benzene rings is 2. The molecule has 0 fully saturated rings. The maximum Gasteiger partial charge on any atom is 0.267 e. The lowest BCUT2D eigenvalue weighted by atomic mass is 10.3. The van der Waals surface area contributed by atoms with Crippen molar-refractivity contribution < 1.29 is 35.8 Å². The molecule has 0 spiro atoms. The predicted molar refractivity (Wildman–Crippen MR) is 79.4 cm³/mol. The van der Waals surface area contributed by atoms with E-state index in [1.165, 1.54) is 13.2 Å². The molecule has 0 radical (unpaired) electrons. The first-order valence-electron chi connectivity index (χ1n) is 6.01. The highest BCUT2D eigenvalue weighted by Gasteiger charge is 2.32. The lowest BCUT2D eigenvalue weighted by molar-refractivity contribution is 0.373. The number of nitrogens with one attached hydrogen (secondary N) is 1. The van der Waals surface area contributed by atoms with Crippen LogP contribution in [-0.2, 0) is 10.0 Å². The van der Waals surface area contributed by atoms with E-state index >= 15 is 0 Å². The normalized spacial score (nSPS) is 11.4. The van der Waals surface area contributed by atoms with E-state index in [0.717, 1.165) is 12.1 Å². The summed E-state index contributed by atoms with van der Waals surface area (Å²) in [6, 6.07) is 3.21. The van der Waals surface area contributed by atoms with E-state index in [9.17, 15) is 31.1 Å². The first-order chi connectivity index (χ1) is 11.1. The van der Waals surface area contributed by atoms with E-state index in [4.69, 9.17) is 4.74 Å². The SMILES string of the molecule is COc1ccc(NS(=O)(=O)c2c(F)c(F)c(F)c(Br)c2F)cc1O. The molecule has 2 rings (SSSR count). The maximum absolute atomic E-state index is 13.9. The van der Waals surface area contributed by atoms with Crippen molar-refractivity contribution in [1.29, 1.82) is 0 Å². The molecule has 0 saturated carbocycles. The Morgan fingerprint density at radius 1 is 1.08 bits per heavy atom. The van der Waals surface area contributed by atoms with Gasteiger partial charge >= 0.3 is 0 Å². The topological polar surface area (TPSA) is 75.6 Å². The summed E-state index contributed by atoms with van der Waals surface area (Å²) < 4.78 is 83.8. The van der Waals surface area contributed by atoms with Gasteiger partial charge in [0, 0.05) is 6.07 Å². The minimum Gasteiger partial charge on any atom is -0.504 e. The molecule has 0 bridgehead atoms. The molecule has 2 aromatic carbocycles. The van der Waals surface area contributed by atoms with E-state index in [-0.39, 0.29) is 11.4 Å². The van der Waals surface area contributed by atoms with Crippen molar-refractivity contribution in [2.75, 3.05) is 11.8 Å². The Hall–Kier alpha value is -2.01. The van der Waals surface area contributed by atoms with E-state index in [1.54, 1.807) is 4.72 Å². The van der Waals surface area contributed by atoms with Gasteiger partial charge < -0.3 is 9.84 Å². The number of rotatable bonds is 4. The lowest BCUT2D eigenvalue weighted by Crippen LogP contribution is -2.18. The second-order valence-corrected chi connectivity index (χ2v) is 6.80. The van der Waals surface area contributed by atoms with Crippen LogP contribution in [0.4, 0.5) is 23.2 Å². The van der Waals surface area contributed by atoms with Crippen LogP contribution in [0.15, 0.2) is 27.6 Å². The average molecular weight is 430 g/mol. The Morgan fingerprint density at radius 3 is 2.25 bits per heavy atom. The van der Waals surface area contributed by atoms with Crippen molar-refractivity contribution in [3.8, 4) is 11.5 Å². The van der Waals surface area contributed by atoms with Crippen molar-refractivity contribution in [1.82, 2.24) is 0 Å². The molecule has 0 aliphatic rings. The molecular weight excluding hydrogens is 422 g/mol. The van der Waals surface area contributed by atoms with Crippen molar-refractivity contribution in [2.24, 2.45) is 0 Å². The molecule has 130 valence electrons. The van der Waals surface area contributed by atoms with Crippen LogP contribution in [0.5, 0.6) is 11.5 Å². The van der Waals surface area contributed by atoms with Gasteiger partial charge in [-0.15, -0.1) is 0 Å². The van der Waals surface area contributed by atoms with Crippen LogP contribution >= 0.6 is 15.9 Å². The highest BCUT2D eigenvalue weighted by atomic mass is 79.9. The van der Waals surface area contributed by atoms with Crippen molar-refractivity contribution in [3.05, 3.63) is 45.9 Å². The highest BCUT2D eigenvalue weighted by Crippen LogP contribution is 2.33. The van der Waals surface area contributed by atoms with Gasteiger partial charge in [0.25, 0.3) is 10.0 Å². The van der Waals surface area contributed by atoms with Gasteiger partial charge in [-0.1, -0.05) is 0 Å². The maximum atomic E-state index is 13.9. The van der Waals surface area contributed by atoms with Gasteiger partial charge in [0.15, 0.2) is 39.7 Å². The van der Waals surface area contributed by atoms with E-state index in [0.29, 0.717) is 0 Å². The predicted octanol–water partition coefficient (Wildman–Crippen LogP) is 3.52. The van der Waals surface area contributed by atoms with Crippen LogP contribution in [0.1, 0.15) is 0 Å². The Bertz CT molecular complexity index is 892. The Labute approximate surface area is 142 Å². The second kappa shape index (κ2) is 6.48. The van der Waals surface area contributed by atoms with Gasteiger partial charge in [0.05, 0.1) is 17.3 Å². The Kier molecular flexibility index (Phi) is 4.95. The lowest BCUT2D eigenvalue weighted by Gasteiger charge is -2.12. The number of ether oxygens (including phenoxy) is 1. The first-order valence-corrected chi connectivity index (χ1v) is 8.29. The van der Waals surface area contributed by atoms with Gasteiger partial charge in [0.1, 0.15) is 0 Å². The minimum atomic E-state index is -4.96. The number of phenolic OH excluding ortho intramolecular Hbond substituents is 1. The number of aromatic hydroxyl groups is 1. The number of anilines is 1. The molecule has 0 heterocycles. The van der Waals surface area contributed by atoms with E-state index in [1.807, 2.05) is 0 Å². The zero-order valence-corrected chi connectivity index (χ0v) is 14.1. The molecule has 0 atom stereocenters. The molecule has 24 heavy (non-hydrogen) atoms. The molecule has 0 aromatic heterocycles. The number of methoxy groups -OCH3 is 1. The fraction of sp³-hybridized carbons (Fsp3) is 0.0769. The number of hydrogen-bond acceptors (Lipinski definition) is 4. The number of phenols is 1. The van der Waals surface area contributed by atoms with Crippen molar-refractivity contribution in [2.45, 2.75) is 4.90 Å². The molecule has 0 aliphatic heterocycles. The molecule has 0 amide bonds. The number of sulfonamides is 1. The molecule has 11 heteroatoms. The number of halogens is 5. The summed E-state index contributed by atoms with van der Waals surface area (Å²) >= 11 is 2.32. The third kappa shape index (κ3) is 3.13. The largest absolute Gasteiger partial charge is 0.504 e. The smallest absolute Gasteiger partial charge is 0.267 e. The standard InChI is InChI=1S/C13H8BrF4NO4S/c1-23-7-3-2-5(4-6(7)20)19-24(21,22)13-10(16)8(14)9(15)11(17)12(13)18/h2-4,19-20H,1H3. The van der Waals surface area contributed by atoms with Crippen LogP contribution in [-0.4, -0.2) is 20.6 Å². The van der Waals surface area contributed by atoms with E-state index in [2.05, 4.69) is 15.9 Å². The fourth-order valence-electron chi connectivity index (χ4n) is 1.78. The summed E-state index contributed by atoms with van der Waals surface area (Å²) in [5.74, 6) is -8.53. The van der Waals surface area contributed by atoms with Crippen LogP contribution in [0.2, 0.25) is 0 Å². The summed E-state index contributed by atoms with van der Waals surface area (Å²) in [6.45, 7) is 0. The fourth-order valence-corrected chi connectivity index (χ4v) is 3.49. The van der Waals surface area contributed by atoms with Gasteiger partial charge in [-0.05, 0) is 28.1 Å². The van der Waals surface area contributed by atoms with Crippen LogP contribution in [0.25, 0.3) is 0 Å². The van der Waals surface area contributed by atoms with Gasteiger partial charge in [-0.3, -0.25) is 4.72 Å². The van der Waals surface area contributed by atoms with Gasteiger partial charge in [0.2, 0.25) is 0 Å². The first kappa shape index (κ1) is 18.3.